The Hall–Kier alpha value is -2.60. The number of benzene rings is 2. The van der Waals surface area contributed by atoms with Crippen LogP contribution >= 0.6 is 11.8 Å². The summed E-state index contributed by atoms with van der Waals surface area (Å²) < 4.78 is 1.91. The number of hydrogen-bond acceptors (Lipinski definition) is 4. The zero-order valence-electron chi connectivity index (χ0n) is 15.3. The van der Waals surface area contributed by atoms with Crippen LogP contribution in [0, 0.1) is 6.92 Å². The molecule has 0 bridgehead atoms. The summed E-state index contributed by atoms with van der Waals surface area (Å²) in [6.07, 6.45) is 3.94. The van der Waals surface area contributed by atoms with E-state index in [0.717, 1.165) is 23.7 Å². The molecular weight excluding hydrogens is 356 g/mol. The average Bonchev–Trinajstić information content (AvgIpc) is 3.36. The summed E-state index contributed by atoms with van der Waals surface area (Å²) in [7, 11) is 0. The van der Waals surface area contributed by atoms with Crippen molar-refractivity contribution in [3.05, 3.63) is 72.1 Å². The summed E-state index contributed by atoms with van der Waals surface area (Å²) in [4.78, 5) is 12.3. The van der Waals surface area contributed by atoms with Crippen molar-refractivity contribution in [3.63, 3.8) is 0 Å². The van der Waals surface area contributed by atoms with Gasteiger partial charge in [0.05, 0.1) is 5.75 Å². The largest absolute Gasteiger partial charge is 0.354 e. The fourth-order valence-electron chi connectivity index (χ4n) is 3.16. The van der Waals surface area contributed by atoms with Gasteiger partial charge >= 0.3 is 0 Å². The van der Waals surface area contributed by atoms with Crippen molar-refractivity contribution in [3.8, 4) is 5.69 Å². The third-order valence-corrected chi connectivity index (χ3v) is 5.97. The van der Waals surface area contributed by atoms with E-state index >= 15 is 0 Å². The summed E-state index contributed by atoms with van der Waals surface area (Å²) in [5.41, 5.74) is 3.64. The summed E-state index contributed by atoms with van der Waals surface area (Å²) in [6, 6.07) is 18.6. The standard InChI is InChI=1S/C21H22N4OS/c1-16-7-9-18(10-8-16)25-15-23-24-20(25)27-13-19(26)22-14-21(11-12-21)17-5-3-2-4-6-17/h2-10,15H,11-14H2,1H3,(H,22,26). The molecule has 138 valence electrons. The Bertz CT molecular complexity index is 917. The summed E-state index contributed by atoms with van der Waals surface area (Å²) in [6.45, 7) is 2.75. The monoisotopic (exact) mass is 378 g/mol. The van der Waals surface area contributed by atoms with Gasteiger partial charge in [0.15, 0.2) is 5.16 Å². The van der Waals surface area contributed by atoms with Gasteiger partial charge in [-0.25, -0.2) is 0 Å². The first kappa shape index (κ1) is 17.8. The Labute approximate surface area is 163 Å². The van der Waals surface area contributed by atoms with E-state index in [0.29, 0.717) is 12.3 Å². The lowest BCUT2D eigenvalue weighted by atomic mass is 9.96. The summed E-state index contributed by atoms with van der Waals surface area (Å²) >= 11 is 1.40. The van der Waals surface area contributed by atoms with Crippen molar-refractivity contribution >= 4 is 17.7 Å². The van der Waals surface area contributed by atoms with E-state index in [-0.39, 0.29) is 11.3 Å². The van der Waals surface area contributed by atoms with E-state index < -0.39 is 0 Å². The number of aryl methyl sites for hydroxylation is 1. The van der Waals surface area contributed by atoms with Crippen LogP contribution < -0.4 is 5.32 Å². The molecule has 1 fully saturated rings. The molecule has 2 aromatic carbocycles. The van der Waals surface area contributed by atoms with Crippen molar-refractivity contribution in [1.82, 2.24) is 20.1 Å². The quantitative estimate of drug-likeness (QED) is 0.639. The van der Waals surface area contributed by atoms with E-state index in [1.54, 1.807) is 6.33 Å². The molecule has 27 heavy (non-hydrogen) atoms. The number of thioether (sulfide) groups is 1. The van der Waals surface area contributed by atoms with Crippen LogP contribution in [0.1, 0.15) is 24.0 Å². The second kappa shape index (κ2) is 7.56. The molecule has 1 aliphatic carbocycles. The molecule has 1 aliphatic rings. The number of nitrogens with zero attached hydrogens (tertiary/aromatic N) is 3. The van der Waals surface area contributed by atoms with E-state index in [4.69, 9.17) is 0 Å². The lowest BCUT2D eigenvalue weighted by molar-refractivity contribution is -0.118. The highest BCUT2D eigenvalue weighted by atomic mass is 32.2. The molecule has 1 N–H and O–H groups in total. The Balaban J connectivity index is 1.33. The average molecular weight is 379 g/mol. The molecule has 1 heterocycles. The van der Waals surface area contributed by atoms with Crippen molar-refractivity contribution in [2.24, 2.45) is 0 Å². The SMILES string of the molecule is Cc1ccc(-n2cnnc2SCC(=O)NCC2(c3ccccc3)CC2)cc1. The zero-order chi connectivity index (χ0) is 18.7. The molecule has 3 aromatic rings. The van der Waals surface area contributed by atoms with Gasteiger partial charge in [-0.3, -0.25) is 9.36 Å². The zero-order valence-corrected chi connectivity index (χ0v) is 16.1. The molecule has 0 spiro atoms. The number of carbonyl (C=O) groups is 1. The first-order valence-corrected chi connectivity index (χ1v) is 10.1. The fourth-order valence-corrected chi connectivity index (χ4v) is 3.92. The number of rotatable bonds is 7. The van der Waals surface area contributed by atoms with Crippen LogP contribution in [-0.4, -0.2) is 33.0 Å². The molecular formula is C21H22N4OS. The first-order chi connectivity index (χ1) is 13.2. The molecule has 0 unspecified atom stereocenters. The van der Waals surface area contributed by atoms with Gasteiger partial charge in [-0.1, -0.05) is 59.8 Å². The molecule has 1 amide bonds. The van der Waals surface area contributed by atoms with E-state index in [9.17, 15) is 4.79 Å². The molecule has 0 aliphatic heterocycles. The van der Waals surface area contributed by atoms with Crippen LogP contribution in [0.3, 0.4) is 0 Å². The molecule has 0 atom stereocenters. The lowest BCUT2D eigenvalue weighted by Gasteiger charge is -2.16. The minimum Gasteiger partial charge on any atom is -0.354 e. The van der Waals surface area contributed by atoms with Crippen LogP contribution in [0.4, 0.5) is 0 Å². The predicted octanol–water partition coefficient (Wildman–Crippen LogP) is 3.52. The number of hydrogen-bond donors (Lipinski definition) is 1. The highest BCUT2D eigenvalue weighted by Crippen LogP contribution is 2.47. The van der Waals surface area contributed by atoms with E-state index in [1.807, 2.05) is 22.8 Å². The Kier molecular flexibility index (Phi) is 4.99. The maximum Gasteiger partial charge on any atom is 0.230 e. The summed E-state index contributed by atoms with van der Waals surface area (Å²) in [5, 5.41) is 12.0. The van der Waals surface area contributed by atoms with Crippen molar-refractivity contribution in [2.75, 3.05) is 12.3 Å². The van der Waals surface area contributed by atoms with Gasteiger partial charge in [0.25, 0.3) is 0 Å². The first-order valence-electron chi connectivity index (χ1n) is 9.08. The van der Waals surface area contributed by atoms with Gasteiger partial charge in [-0.15, -0.1) is 10.2 Å². The molecule has 5 nitrogen and oxygen atoms in total. The van der Waals surface area contributed by atoms with Crippen LogP contribution in [0.2, 0.25) is 0 Å². The Morgan fingerprint density at radius 2 is 1.89 bits per heavy atom. The second-order valence-electron chi connectivity index (χ2n) is 7.03. The fraction of sp³-hybridized carbons (Fsp3) is 0.286. The maximum atomic E-state index is 12.3. The minimum atomic E-state index is 0.0284. The Morgan fingerprint density at radius 1 is 1.15 bits per heavy atom. The predicted molar refractivity (Wildman–Crippen MR) is 107 cm³/mol. The number of carbonyl (C=O) groups excluding carboxylic acids is 1. The summed E-state index contributed by atoms with van der Waals surface area (Å²) in [5.74, 6) is 0.357. The van der Waals surface area contributed by atoms with E-state index in [1.165, 1.54) is 22.9 Å². The van der Waals surface area contributed by atoms with Crippen LogP contribution in [0.25, 0.3) is 5.69 Å². The van der Waals surface area contributed by atoms with Crippen molar-refractivity contribution in [2.45, 2.75) is 30.3 Å². The molecule has 1 saturated carbocycles. The minimum absolute atomic E-state index is 0.0284. The van der Waals surface area contributed by atoms with Gasteiger partial charge in [-0.05, 0) is 37.5 Å². The van der Waals surface area contributed by atoms with Gasteiger partial charge in [-0.2, -0.15) is 0 Å². The van der Waals surface area contributed by atoms with Crippen molar-refractivity contribution in [1.29, 1.82) is 0 Å². The van der Waals surface area contributed by atoms with Gasteiger partial charge in [0.2, 0.25) is 5.91 Å². The third kappa shape index (κ3) is 4.06. The van der Waals surface area contributed by atoms with E-state index in [2.05, 4.69) is 58.8 Å². The van der Waals surface area contributed by atoms with Crippen LogP contribution in [0.5, 0.6) is 0 Å². The van der Waals surface area contributed by atoms with Crippen molar-refractivity contribution < 1.29 is 4.79 Å². The maximum absolute atomic E-state index is 12.3. The van der Waals surface area contributed by atoms with Crippen LogP contribution in [0.15, 0.2) is 66.1 Å². The normalized spacial score (nSPS) is 14.7. The molecule has 0 radical (unpaired) electrons. The van der Waals surface area contributed by atoms with Gasteiger partial charge in [0.1, 0.15) is 6.33 Å². The third-order valence-electron chi connectivity index (χ3n) is 5.02. The number of nitrogens with one attached hydrogen (secondary N) is 1. The molecule has 0 saturated heterocycles. The number of aromatic nitrogens is 3. The topological polar surface area (TPSA) is 59.8 Å². The second-order valence-corrected chi connectivity index (χ2v) is 7.97. The van der Waals surface area contributed by atoms with Gasteiger partial charge < -0.3 is 5.32 Å². The molecule has 1 aromatic heterocycles. The lowest BCUT2D eigenvalue weighted by Crippen LogP contribution is -2.33. The number of amides is 1. The van der Waals surface area contributed by atoms with Gasteiger partial charge in [0, 0.05) is 17.6 Å². The molecule has 6 heteroatoms. The highest BCUT2D eigenvalue weighted by molar-refractivity contribution is 7.99. The highest BCUT2D eigenvalue weighted by Gasteiger charge is 2.44. The molecule has 4 rings (SSSR count). The van der Waals surface area contributed by atoms with Crippen LogP contribution in [-0.2, 0) is 10.2 Å². The smallest absolute Gasteiger partial charge is 0.230 e. The Morgan fingerprint density at radius 3 is 2.59 bits per heavy atom.